The predicted octanol–water partition coefficient (Wildman–Crippen LogP) is 1.98. The van der Waals surface area contributed by atoms with Crippen LogP contribution < -0.4 is 0 Å². The van der Waals surface area contributed by atoms with E-state index in [0.29, 0.717) is 5.92 Å². The fourth-order valence-corrected chi connectivity index (χ4v) is 1.27. The third-order valence-corrected chi connectivity index (χ3v) is 2.11. The van der Waals surface area contributed by atoms with Gasteiger partial charge >= 0.3 is 0 Å². The van der Waals surface area contributed by atoms with Gasteiger partial charge in [-0.3, -0.25) is 9.78 Å². The van der Waals surface area contributed by atoms with Crippen LogP contribution in [0.1, 0.15) is 28.8 Å². The largest absolute Gasteiger partial charge is 0.294 e. The van der Waals surface area contributed by atoms with Crippen molar-refractivity contribution in [1.29, 1.82) is 0 Å². The van der Waals surface area contributed by atoms with Crippen LogP contribution in [0.3, 0.4) is 0 Å². The molecule has 62 valence electrons. The number of carbonyl (C=O) groups is 1. The van der Waals surface area contributed by atoms with Crippen molar-refractivity contribution in [2.75, 3.05) is 0 Å². The smallest absolute Gasteiger partial charge is 0.167 e. The maximum Gasteiger partial charge on any atom is 0.167 e. The Morgan fingerprint density at radius 2 is 2.25 bits per heavy atom. The Kier molecular flexibility index (Phi) is 1.68. The molecule has 1 fully saturated rings. The molecule has 2 heteroatoms. The van der Waals surface area contributed by atoms with E-state index in [4.69, 9.17) is 0 Å². The third kappa shape index (κ3) is 1.37. The molecule has 0 amide bonds. The predicted molar refractivity (Wildman–Crippen MR) is 46.0 cm³/mol. The molecule has 2 rings (SSSR count). The summed E-state index contributed by atoms with van der Waals surface area (Å²) in [5.74, 6) is 0.569. The second-order valence-electron chi connectivity index (χ2n) is 3.39. The number of ketones is 1. The van der Waals surface area contributed by atoms with Gasteiger partial charge in [-0.1, -0.05) is 0 Å². The van der Waals surface area contributed by atoms with Gasteiger partial charge in [0.1, 0.15) is 0 Å². The number of hydrogen-bond acceptors (Lipinski definition) is 2. The molecule has 12 heavy (non-hydrogen) atoms. The molecule has 2 nitrogen and oxygen atoms in total. The highest BCUT2D eigenvalue weighted by Gasteiger charge is 2.30. The quantitative estimate of drug-likeness (QED) is 0.621. The number of carbonyl (C=O) groups excluding carboxylic acids is 1. The fourth-order valence-electron chi connectivity index (χ4n) is 1.27. The Labute approximate surface area is 71.6 Å². The molecule has 1 aliphatic carbocycles. The second kappa shape index (κ2) is 2.70. The summed E-state index contributed by atoms with van der Waals surface area (Å²) in [7, 11) is 0. The lowest BCUT2D eigenvalue weighted by atomic mass is 10.1. The van der Waals surface area contributed by atoms with E-state index in [1.165, 1.54) is 0 Å². The number of aryl methyl sites for hydroxylation is 1. The van der Waals surface area contributed by atoms with E-state index in [-0.39, 0.29) is 5.78 Å². The van der Waals surface area contributed by atoms with E-state index in [0.717, 1.165) is 24.0 Å². The number of rotatable bonds is 2. The van der Waals surface area contributed by atoms with Crippen LogP contribution in [0.15, 0.2) is 18.5 Å². The highest BCUT2D eigenvalue weighted by atomic mass is 16.1. The van der Waals surface area contributed by atoms with Crippen LogP contribution in [0.2, 0.25) is 0 Å². The van der Waals surface area contributed by atoms with Gasteiger partial charge in [0.05, 0.1) is 0 Å². The van der Waals surface area contributed by atoms with Gasteiger partial charge in [-0.15, -0.1) is 0 Å². The Bertz CT molecular complexity index is 315. The van der Waals surface area contributed by atoms with Crippen molar-refractivity contribution in [3.63, 3.8) is 0 Å². The third-order valence-electron chi connectivity index (χ3n) is 2.11. The zero-order chi connectivity index (χ0) is 8.55. The summed E-state index contributed by atoms with van der Waals surface area (Å²) in [4.78, 5) is 15.5. The Hall–Kier alpha value is -1.18. The average molecular weight is 161 g/mol. The van der Waals surface area contributed by atoms with E-state index in [2.05, 4.69) is 4.98 Å². The Morgan fingerprint density at radius 1 is 1.50 bits per heavy atom. The lowest BCUT2D eigenvalue weighted by molar-refractivity contribution is 0.0967. The van der Waals surface area contributed by atoms with Crippen LogP contribution >= 0.6 is 0 Å². The summed E-state index contributed by atoms with van der Waals surface area (Å²) in [6, 6.07) is 1.91. The molecule has 0 atom stereocenters. The zero-order valence-corrected chi connectivity index (χ0v) is 7.08. The molecule has 0 aromatic carbocycles. The van der Waals surface area contributed by atoms with Gasteiger partial charge in [0.15, 0.2) is 5.78 Å². The summed E-state index contributed by atoms with van der Waals surface area (Å²) >= 11 is 0. The Balaban J connectivity index is 2.26. The molecule has 1 aromatic rings. The maximum absolute atomic E-state index is 11.5. The summed E-state index contributed by atoms with van der Waals surface area (Å²) < 4.78 is 0. The van der Waals surface area contributed by atoms with Crippen LogP contribution in [0, 0.1) is 12.8 Å². The van der Waals surface area contributed by atoms with Crippen molar-refractivity contribution in [3.8, 4) is 0 Å². The van der Waals surface area contributed by atoms with Crippen molar-refractivity contribution in [1.82, 2.24) is 4.98 Å². The van der Waals surface area contributed by atoms with Gasteiger partial charge in [0.2, 0.25) is 0 Å². The Morgan fingerprint density at radius 3 is 2.83 bits per heavy atom. The molecule has 0 bridgehead atoms. The minimum atomic E-state index is 0.270. The summed E-state index contributed by atoms with van der Waals surface area (Å²) in [6.07, 6.45) is 5.55. The summed E-state index contributed by atoms with van der Waals surface area (Å²) in [5, 5.41) is 0. The molecule has 0 unspecified atom stereocenters. The highest BCUT2D eigenvalue weighted by Crippen LogP contribution is 2.32. The minimum Gasteiger partial charge on any atom is -0.294 e. The fraction of sp³-hybridized carbons (Fsp3) is 0.400. The maximum atomic E-state index is 11.5. The van der Waals surface area contributed by atoms with Gasteiger partial charge in [-0.25, -0.2) is 0 Å². The monoisotopic (exact) mass is 161 g/mol. The second-order valence-corrected chi connectivity index (χ2v) is 3.39. The van der Waals surface area contributed by atoms with Crippen LogP contribution in [0.5, 0.6) is 0 Å². The van der Waals surface area contributed by atoms with Crippen molar-refractivity contribution in [2.24, 2.45) is 5.92 Å². The van der Waals surface area contributed by atoms with E-state index >= 15 is 0 Å². The van der Waals surface area contributed by atoms with Crippen molar-refractivity contribution >= 4 is 5.78 Å². The first-order chi connectivity index (χ1) is 5.77. The van der Waals surface area contributed by atoms with E-state index in [1.807, 2.05) is 13.0 Å². The lowest BCUT2D eigenvalue weighted by Gasteiger charge is -1.98. The number of nitrogens with zero attached hydrogens (tertiary/aromatic N) is 1. The highest BCUT2D eigenvalue weighted by molar-refractivity contribution is 5.99. The molecular formula is C10H11NO. The molecule has 1 aromatic heterocycles. The zero-order valence-electron chi connectivity index (χ0n) is 7.08. The van der Waals surface area contributed by atoms with Gasteiger partial charge in [-0.2, -0.15) is 0 Å². The van der Waals surface area contributed by atoms with Crippen LogP contribution in [0.25, 0.3) is 0 Å². The van der Waals surface area contributed by atoms with E-state index in [9.17, 15) is 4.79 Å². The number of hydrogen-bond donors (Lipinski definition) is 0. The lowest BCUT2D eigenvalue weighted by Crippen LogP contribution is -2.01. The SMILES string of the molecule is Cc1cncc(C(=O)C2CC2)c1. The van der Waals surface area contributed by atoms with Gasteiger partial charge < -0.3 is 0 Å². The molecule has 1 heterocycles. The van der Waals surface area contributed by atoms with Gasteiger partial charge in [-0.05, 0) is 31.4 Å². The molecule has 0 saturated heterocycles. The molecular weight excluding hydrogens is 150 g/mol. The first kappa shape index (κ1) is 7.47. The number of aromatic nitrogens is 1. The van der Waals surface area contributed by atoms with Crippen molar-refractivity contribution in [3.05, 3.63) is 29.6 Å². The van der Waals surface area contributed by atoms with Gasteiger partial charge in [0.25, 0.3) is 0 Å². The van der Waals surface area contributed by atoms with E-state index < -0.39 is 0 Å². The van der Waals surface area contributed by atoms with Crippen LogP contribution in [0.4, 0.5) is 0 Å². The summed E-state index contributed by atoms with van der Waals surface area (Å²) in [6.45, 7) is 1.96. The topological polar surface area (TPSA) is 30.0 Å². The van der Waals surface area contributed by atoms with Crippen molar-refractivity contribution < 1.29 is 4.79 Å². The summed E-state index contributed by atoms with van der Waals surface area (Å²) in [5.41, 5.74) is 1.83. The van der Waals surface area contributed by atoms with Gasteiger partial charge in [0, 0.05) is 23.9 Å². The number of pyridine rings is 1. The molecule has 1 aliphatic rings. The standard InChI is InChI=1S/C10H11NO/c1-7-4-9(6-11-5-7)10(12)8-2-3-8/h4-6,8H,2-3H2,1H3. The van der Waals surface area contributed by atoms with Crippen LogP contribution in [-0.4, -0.2) is 10.8 Å². The first-order valence-electron chi connectivity index (χ1n) is 4.23. The van der Waals surface area contributed by atoms with Crippen molar-refractivity contribution in [2.45, 2.75) is 19.8 Å². The van der Waals surface area contributed by atoms with Crippen LogP contribution in [-0.2, 0) is 0 Å². The molecule has 1 saturated carbocycles. The molecule has 0 spiro atoms. The molecule has 0 aliphatic heterocycles. The van der Waals surface area contributed by atoms with E-state index in [1.54, 1.807) is 12.4 Å². The average Bonchev–Trinajstić information content (AvgIpc) is 2.85. The number of Topliss-reactive ketones (excluding diaryl/α,β-unsaturated/α-hetero) is 1. The normalized spacial score (nSPS) is 16.1. The molecule has 0 radical (unpaired) electrons. The molecule has 0 N–H and O–H groups in total. The first-order valence-corrected chi connectivity index (χ1v) is 4.23. The minimum absolute atomic E-state index is 0.270.